The van der Waals surface area contributed by atoms with Gasteiger partial charge in [-0.05, 0) is 54.5 Å². The van der Waals surface area contributed by atoms with E-state index in [1.165, 1.54) is 34.4 Å². The summed E-state index contributed by atoms with van der Waals surface area (Å²) in [7, 11) is 0. The molecule has 0 spiro atoms. The number of hydrogen-bond donors (Lipinski definition) is 1. The van der Waals surface area contributed by atoms with Gasteiger partial charge in [0.2, 0.25) is 0 Å². The van der Waals surface area contributed by atoms with Crippen LogP contribution in [0.3, 0.4) is 0 Å². The van der Waals surface area contributed by atoms with E-state index in [1.54, 1.807) is 0 Å². The fourth-order valence-electron chi connectivity index (χ4n) is 4.13. The Bertz CT molecular complexity index is 699. The highest BCUT2D eigenvalue weighted by atomic mass is 15.0. The molecule has 3 atom stereocenters. The summed E-state index contributed by atoms with van der Waals surface area (Å²) in [4.78, 5) is 0. The highest BCUT2D eigenvalue weighted by Gasteiger charge is 2.38. The predicted molar refractivity (Wildman–Crippen MR) is 88.7 cm³/mol. The van der Waals surface area contributed by atoms with Gasteiger partial charge in [-0.25, -0.2) is 0 Å². The number of allylic oxidation sites excluding steroid dienone is 2. The first-order chi connectivity index (χ1) is 10.2. The molecule has 1 N–H and O–H groups in total. The van der Waals surface area contributed by atoms with E-state index < -0.39 is 0 Å². The largest absolute Gasteiger partial charge is 0.378 e. The third-order valence-corrected chi connectivity index (χ3v) is 4.98. The molecule has 1 heteroatoms. The monoisotopic (exact) mass is 275 g/mol. The molecule has 4 rings (SSSR count). The second kappa shape index (κ2) is 4.77. The number of nitrogens with one attached hydrogen (secondary N) is 1. The summed E-state index contributed by atoms with van der Waals surface area (Å²) in [6, 6.07) is 15.9. The van der Waals surface area contributed by atoms with Gasteiger partial charge >= 0.3 is 0 Å². The normalized spacial score (nSPS) is 26.1. The van der Waals surface area contributed by atoms with E-state index in [0.717, 1.165) is 0 Å². The quantitative estimate of drug-likeness (QED) is 0.711. The minimum atomic E-state index is 0.417. The SMILES string of the molecule is Cc1cc(C)c2c(c1)NC(c1ccccc1)C1CC=CC21. The molecule has 1 heterocycles. The summed E-state index contributed by atoms with van der Waals surface area (Å²) in [5.41, 5.74) is 7.00. The van der Waals surface area contributed by atoms with Crippen LogP contribution in [0, 0.1) is 19.8 Å². The predicted octanol–water partition coefficient (Wildman–Crippen LogP) is 5.13. The van der Waals surface area contributed by atoms with Gasteiger partial charge in [-0.2, -0.15) is 0 Å². The van der Waals surface area contributed by atoms with E-state index in [-0.39, 0.29) is 0 Å². The van der Waals surface area contributed by atoms with Crippen molar-refractivity contribution in [1.29, 1.82) is 0 Å². The lowest BCUT2D eigenvalue weighted by Crippen LogP contribution is -2.29. The van der Waals surface area contributed by atoms with Crippen LogP contribution in [-0.4, -0.2) is 0 Å². The van der Waals surface area contributed by atoms with Gasteiger partial charge < -0.3 is 5.32 Å². The molecule has 0 fully saturated rings. The maximum atomic E-state index is 3.83. The summed E-state index contributed by atoms with van der Waals surface area (Å²) >= 11 is 0. The van der Waals surface area contributed by atoms with Gasteiger partial charge in [-0.3, -0.25) is 0 Å². The van der Waals surface area contributed by atoms with E-state index in [9.17, 15) is 0 Å². The van der Waals surface area contributed by atoms with Gasteiger partial charge in [0, 0.05) is 11.6 Å². The summed E-state index contributed by atoms with van der Waals surface area (Å²) in [6.45, 7) is 4.43. The van der Waals surface area contributed by atoms with Crippen molar-refractivity contribution < 1.29 is 0 Å². The minimum Gasteiger partial charge on any atom is -0.378 e. The van der Waals surface area contributed by atoms with Gasteiger partial charge in [0.15, 0.2) is 0 Å². The van der Waals surface area contributed by atoms with E-state index in [2.05, 4.69) is 73.8 Å². The van der Waals surface area contributed by atoms with Crippen LogP contribution in [-0.2, 0) is 0 Å². The molecule has 2 aromatic rings. The Kier molecular flexibility index (Phi) is 2.88. The molecule has 3 unspecified atom stereocenters. The highest BCUT2D eigenvalue weighted by molar-refractivity contribution is 5.63. The van der Waals surface area contributed by atoms with Crippen molar-refractivity contribution in [2.24, 2.45) is 5.92 Å². The highest BCUT2D eigenvalue weighted by Crippen LogP contribution is 2.50. The number of benzene rings is 2. The first kappa shape index (κ1) is 12.7. The molecule has 1 aliphatic heterocycles. The van der Waals surface area contributed by atoms with E-state index >= 15 is 0 Å². The molecule has 0 amide bonds. The van der Waals surface area contributed by atoms with E-state index in [1.807, 2.05) is 0 Å². The second-order valence-corrected chi connectivity index (χ2v) is 6.43. The molecule has 21 heavy (non-hydrogen) atoms. The van der Waals surface area contributed by atoms with Gasteiger partial charge in [0.05, 0.1) is 6.04 Å². The van der Waals surface area contributed by atoms with Crippen LogP contribution in [0.1, 0.15) is 40.6 Å². The maximum absolute atomic E-state index is 3.83. The molecule has 0 saturated carbocycles. The molecule has 0 aromatic heterocycles. The Morgan fingerprint density at radius 3 is 2.67 bits per heavy atom. The van der Waals surface area contributed by atoms with Crippen LogP contribution >= 0.6 is 0 Å². The van der Waals surface area contributed by atoms with Gasteiger partial charge in [0.1, 0.15) is 0 Å². The summed E-state index contributed by atoms with van der Waals surface area (Å²) in [6.07, 6.45) is 5.95. The zero-order valence-electron chi connectivity index (χ0n) is 12.6. The Labute approximate surface area is 126 Å². The molecule has 1 aliphatic carbocycles. The van der Waals surface area contributed by atoms with Crippen LogP contribution in [0.25, 0.3) is 0 Å². The molecule has 0 radical (unpaired) electrons. The third kappa shape index (κ3) is 1.99. The number of hydrogen-bond acceptors (Lipinski definition) is 1. The standard InChI is InChI=1S/C20H21N/c1-13-11-14(2)19-16-9-6-10-17(16)20(21-18(19)12-13)15-7-4-3-5-8-15/h3-9,11-12,16-17,20-21H,10H2,1-2H3. The van der Waals surface area contributed by atoms with Crippen molar-refractivity contribution in [3.8, 4) is 0 Å². The first-order valence-corrected chi connectivity index (χ1v) is 7.83. The zero-order chi connectivity index (χ0) is 14.4. The topological polar surface area (TPSA) is 12.0 Å². The van der Waals surface area contributed by atoms with Gasteiger partial charge in [-0.1, -0.05) is 48.6 Å². The Morgan fingerprint density at radius 2 is 1.86 bits per heavy atom. The fourth-order valence-corrected chi connectivity index (χ4v) is 4.13. The molecule has 2 aliphatic rings. The number of fused-ring (bicyclic) bond motifs is 3. The van der Waals surface area contributed by atoms with Crippen molar-refractivity contribution in [2.75, 3.05) is 5.32 Å². The molecular weight excluding hydrogens is 254 g/mol. The number of anilines is 1. The first-order valence-electron chi connectivity index (χ1n) is 7.83. The number of rotatable bonds is 1. The van der Waals surface area contributed by atoms with Gasteiger partial charge in [0.25, 0.3) is 0 Å². The summed E-state index contributed by atoms with van der Waals surface area (Å²) in [5, 5.41) is 3.83. The summed E-state index contributed by atoms with van der Waals surface area (Å²) in [5.74, 6) is 1.20. The lowest BCUT2D eigenvalue weighted by molar-refractivity contribution is 0.424. The lowest BCUT2D eigenvalue weighted by Gasteiger charge is -2.38. The molecule has 1 nitrogen and oxygen atoms in total. The Morgan fingerprint density at radius 1 is 1.05 bits per heavy atom. The average molecular weight is 275 g/mol. The van der Waals surface area contributed by atoms with Crippen molar-refractivity contribution >= 4 is 5.69 Å². The smallest absolute Gasteiger partial charge is 0.0553 e. The molecule has 106 valence electrons. The van der Waals surface area contributed by atoms with Gasteiger partial charge in [-0.15, -0.1) is 0 Å². The molecule has 0 bridgehead atoms. The average Bonchev–Trinajstić information content (AvgIpc) is 2.95. The minimum absolute atomic E-state index is 0.417. The second-order valence-electron chi connectivity index (χ2n) is 6.43. The Hall–Kier alpha value is -2.02. The Balaban J connectivity index is 1.84. The summed E-state index contributed by atoms with van der Waals surface area (Å²) < 4.78 is 0. The van der Waals surface area contributed by atoms with E-state index in [0.29, 0.717) is 17.9 Å². The van der Waals surface area contributed by atoms with Crippen molar-refractivity contribution in [3.05, 3.63) is 76.9 Å². The van der Waals surface area contributed by atoms with E-state index in [4.69, 9.17) is 0 Å². The zero-order valence-corrected chi connectivity index (χ0v) is 12.6. The van der Waals surface area contributed by atoms with Crippen molar-refractivity contribution in [2.45, 2.75) is 32.2 Å². The lowest BCUT2D eigenvalue weighted by atomic mass is 9.75. The van der Waals surface area contributed by atoms with Crippen LogP contribution in [0.4, 0.5) is 5.69 Å². The third-order valence-electron chi connectivity index (χ3n) is 4.98. The molecule has 2 aromatic carbocycles. The molecular formula is C20H21N. The van der Waals surface area contributed by atoms with Crippen molar-refractivity contribution in [1.82, 2.24) is 0 Å². The molecule has 0 saturated heterocycles. The maximum Gasteiger partial charge on any atom is 0.0553 e. The van der Waals surface area contributed by atoms with Crippen LogP contribution in [0.15, 0.2) is 54.6 Å². The van der Waals surface area contributed by atoms with Crippen molar-refractivity contribution in [3.63, 3.8) is 0 Å². The van der Waals surface area contributed by atoms with Crippen LogP contribution in [0.2, 0.25) is 0 Å². The van der Waals surface area contributed by atoms with Crippen LogP contribution < -0.4 is 5.32 Å². The number of aryl methyl sites for hydroxylation is 2. The van der Waals surface area contributed by atoms with Crippen LogP contribution in [0.5, 0.6) is 0 Å². The fraction of sp³-hybridized carbons (Fsp3) is 0.300.